The lowest BCUT2D eigenvalue weighted by molar-refractivity contribution is -0.123. The van der Waals surface area contributed by atoms with Gasteiger partial charge in [0.2, 0.25) is 11.8 Å². The minimum Gasteiger partial charge on any atom is -0.347 e. The molecule has 1 heterocycles. The highest BCUT2D eigenvalue weighted by Gasteiger charge is 2.16. The number of hydrogen-bond donors (Lipinski definition) is 2. The van der Waals surface area contributed by atoms with Gasteiger partial charge in [0.05, 0.1) is 24.3 Å². The second kappa shape index (κ2) is 8.73. The monoisotopic (exact) mass is 390 g/mol. The Kier molecular flexibility index (Phi) is 6.12. The first-order chi connectivity index (χ1) is 13.9. The Labute approximate surface area is 170 Å². The van der Waals surface area contributed by atoms with Crippen LogP contribution in [0.3, 0.4) is 0 Å². The summed E-state index contributed by atoms with van der Waals surface area (Å²) in [6.45, 7) is 7.65. The van der Waals surface area contributed by atoms with Gasteiger partial charge in [-0.1, -0.05) is 36.4 Å². The van der Waals surface area contributed by atoms with Crippen molar-refractivity contribution in [1.82, 2.24) is 15.1 Å². The fourth-order valence-electron chi connectivity index (χ4n) is 3.35. The Morgan fingerprint density at radius 1 is 0.897 bits per heavy atom. The minimum absolute atomic E-state index is 0.0719. The highest BCUT2D eigenvalue weighted by molar-refractivity contribution is 5.96. The number of carbonyl (C=O) groups is 2. The highest BCUT2D eigenvalue weighted by Crippen LogP contribution is 2.20. The number of rotatable bonds is 6. The number of hydrogen-bond acceptors (Lipinski definition) is 3. The molecule has 3 rings (SSSR count). The molecule has 6 nitrogen and oxygen atoms in total. The fraction of sp³-hybridized carbons (Fsp3) is 0.261. The van der Waals surface area contributed by atoms with Crippen LogP contribution in [0.2, 0.25) is 0 Å². The Morgan fingerprint density at radius 3 is 2.21 bits per heavy atom. The van der Waals surface area contributed by atoms with Crippen molar-refractivity contribution >= 4 is 17.5 Å². The molecule has 0 atom stereocenters. The van der Waals surface area contributed by atoms with Crippen LogP contribution < -0.4 is 10.6 Å². The fourth-order valence-corrected chi connectivity index (χ4v) is 3.35. The number of benzene rings is 2. The van der Waals surface area contributed by atoms with Crippen molar-refractivity contribution in [1.29, 1.82) is 0 Å². The van der Waals surface area contributed by atoms with Crippen LogP contribution in [0.25, 0.3) is 5.69 Å². The molecule has 2 aromatic carbocycles. The van der Waals surface area contributed by atoms with Gasteiger partial charge in [-0.25, -0.2) is 4.68 Å². The van der Waals surface area contributed by atoms with Crippen LogP contribution in [-0.4, -0.2) is 28.1 Å². The standard InChI is InChI=1S/C23H26N4O2/c1-15-9-8-10-16(2)23(15)25-22(29)14-24-21(28)13-20-17(3)26-27(18(20)4)19-11-6-5-7-12-19/h5-12H,13-14H2,1-4H3,(H,24,28)(H,25,29). The summed E-state index contributed by atoms with van der Waals surface area (Å²) in [6.07, 6.45) is 0.182. The van der Waals surface area contributed by atoms with Gasteiger partial charge in [-0.3, -0.25) is 9.59 Å². The van der Waals surface area contributed by atoms with Gasteiger partial charge in [-0.15, -0.1) is 0 Å². The third-order valence-electron chi connectivity index (χ3n) is 4.97. The Morgan fingerprint density at radius 2 is 1.55 bits per heavy atom. The first-order valence-corrected chi connectivity index (χ1v) is 9.60. The van der Waals surface area contributed by atoms with Crippen LogP contribution >= 0.6 is 0 Å². The quantitative estimate of drug-likeness (QED) is 0.677. The molecule has 29 heavy (non-hydrogen) atoms. The maximum Gasteiger partial charge on any atom is 0.243 e. The van der Waals surface area contributed by atoms with Crippen LogP contribution in [0.4, 0.5) is 5.69 Å². The van der Waals surface area contributed by atoms with Gasteiger partial charge in [0.25, 0.3) is 0 Å². The van der Waals surface area contributed by atoms with E-state index in [1.165, 1.54) is 0 Å². The van der Waals surface area contributed by atoms with Crippen molar-refractivity contribution in [3.8, 4) is 5.69 Å². The molecule has 0 aliphatic rings. The van der Waals surface area contributed by atoms with Gasteiger partial charge in [-0.2, -0.15) is 5.10 Å². The molecule has 0 radical (unpaired) electrons. The van der Waals surface area contributed by atoms with E-state index in [-0.39, 0.29) is 24.8 Å². The smallest absolute Gasteiger partial charge is 0.243 e. The number of para-hydroxylation sites is 2. The topological polar surface area (TPSA) is 76.0 Å². The number of nitrogens with zero attached hydrogens (tertiary/aromatic N) is 2. The SMILES string of the molecule is Cc1cccc(C)c1NC(=O)CNC(=O)Cc1c(C)nn(-c2ccccc2)c1C. The number of anilines is 1. The number of amides is 2. The van der Waals surface area contributed by atoms with Gasteiger partial charge in [0, 0.05) is 16.9 Å². The maximum atomic E-state index is 12.4. The number of carbonyl (C=O) groups excluding carboxylic acids is 2. The highest BCUT2D eigenvalue weighted by atomic mass is 16.2. The summed E-state index contributed by atoms with van der Waals surface area (Å²) in [5.41, 5.74) is 6.33. The molecule has 0 unspecified atom stereocenters. The van der Waals surface area contributed by atoms with E-state index in [1.54, 1.807) is 0 Å². The summed E-state index contributed by atoms with van der Waals surface area (Å²) in [5, 5.41) is 10.1. The molecule has 6 heteroatoms. The first kappa shape index (κ1) is 20.3. The second-order valence-corrected chi connectivity index (χ2v) is 7.17. The lowest BCUT2D eigenvalue weighted by atomic mass is 10.1. The molecule has 0 fully saturated rings. The molecule has 2 N–H and O–H groups in total. The molecule has 0 aliphatic heterocycles. The lowest BCUT2D eigenvalue weighted by Gasteiger charge is -2.12. The third kappa shape index (κ3) is 4.71. The molecule has 150 valence electrons. The van der Waals surface area contributed by atoms with Crippen LogP contribution in [0.15, 0.2) is 48.5 Å². The van der Waals surface area contributed by atoms with Gasteiger partial charge >= 0.3 is 0 Å². The molecule has 3 aromatic rings. The van der Waals surface area contributed by atoms with Crippen molar-refractivity contribution in [3.63, 3.8) is 0 Å². The van der Waals surface area contributed by atoms with Crippen molar-refractivity contribution in [2.45, 2.75) is 34.1 Å². The average molecular weight is 390 g/mol. The van der Waals surface area contributed by atoms with E-state index in [0.717, 1.165) is 39.5 Å². The van der Waals surface area contributed by atoms with Crippen molar-refractivity contribution in [2.75, 3.05) is 11.9 Å². The zero-order valence-corrected chi connectivity index (χ0v) is 17.2. The van der Waals surface area contributed by atoms with Gasteiger partial charge in [-0.05, 0) is 51.0 Å². The van der Waals surface area contributed by atoms with Gasteiger partial charge in [0.1, 0.15) is 0 Å². The molecule has 2 amide bonds. The zero-order valence-electron chi connectivity index (χ0n) is 17.2. The minimum atomic E-state index is -0.246. The van der Waals surface area contributed by atoms with Gasteiger partial charge in [0.15, 0.2) is 0 Å². The van der Waals surface area contributed by atoms with Crippen molar-refractivity contribution in [2.24, 2.45) is 0 Å². The summed E-state index contributed by atoms with van der Waals surface area (Å²) >= 11 is 0. The Balaban J connectivity index is 1.61. The van der Waals surface area contributed by atoms with Crippen LogP contribution in [-0.2, 0) is 16.0 Å². The Bertz CT molecular complexity index is 1020. The summed E-state index contributed by atoms with van der Waals surface area (Å²) in [4.78, 5) is 24.7. The summed E-state index contributed by atoms with van der Waals surface area (Å²) in [5.74, 6) is -0.454. The summed E-state index contributed by atoms with van der Waals surface area (Å²) < 4.78 is 1.84. The summed E-state index contributed by atoms with van der Waals surface area (Å²) in [6, 6.07) is 15.6. The number of nitrogens with one attached hydrogen (secondary N) is 2. The van der Waals surface area contributed by atoms with E-state index in [1.807, 2.05) is 80.9 Å². The van der Waals surface area contributed by atoms with E-state index in [4.69, 9.17) is 0 Å². The van der Waals surface area contributed by atoms with Gasteiger partial charge < -0.3 is 10.6 Å². The molecule has 0 aliphatic carbocycles. The van der Waals surface area contributed by atoms with E-state index >= 15 is 0 Å². The van der Waals surface area contributed by atoms with Crippen LogP contribution in [0.1, 0.15) is 28.1 Å². The molecular weight excluding hydrogens is 364 g/mol. The predicted octanol–water partition coefficient (Wildman–Crippen LogP) is 3.40. The van der Waals surface area contributed by atoms with Crippen molar-refractivity contribution in [3.05, 3.63) is 76.6 Å². The van der Waals surface area contributed by atoms with Crippen LogP contribution in [0, 0.1) is 27.7 Å². The van der Waals surface area contributed by atoms with E-state index in [9.17, 15) is 9.59 Å². The maximum absolute atomic E-state index is 12.4. The number of aryl methyl sites for hydroxylation is 3. The first-order valence-electron chi connectivity index (χ1n) is 9.60. The molecular formula is C23H26N4O2. The second-order valence-electron chi connectivity index (χ2n) is 7.17. The third-order valence-corrected chi connectivity index (χ3v) is 4.97. The van der Waals surface area contributed by atoms with E-state index < -0.39 is 0 Å². The molecule has 0 saturated carbocycles. The largest absolute Gasteiger partial charge is 0.347 e. The Hall–Kier alpha value is -3.41. The zero-order chi connectivity index (χ0) is 21.0. The lowest BCUT2D eigenvalue weighted by Crippen LogP contribution is -2.34. The molecule has 0 saturated heterocycles. The van der Waals surface area contributed by atoms with Crippen molar-refractivity contribution < 1.29 is 9.59 Å². The van der Waals surface area contributed by atoms with Crippen LogP contribution in [0.5, 0.6) is 0 Å². The predicted molar refractivity (Wildman–Crippen MR) is 114 cm³/mol. The number of aromatic nitrogens is 2. The summed E-state index contributed by atoms with van der Waals surface area (Å²) in [7, 11) is 0. The van der Waals surface area contributed by atoms with E-state index in [2.05, 4.69) is 15.7 Å². The van der Waals surface area contributed by atoms with E-state index in [0.29, 0.717) is 0 Å². The normalized spacial score (nSPS) is 10.6. The average Bonchev–Trinajstić information content (AvgIpc) is 2.98. The molecule has 0 spiro atoms. The molecule has 0 bridgehead atoms. The molecule has 1 aromatic heterocycles.